The first-order valence-corrected chi connectivity index (χ1v) is 9.18. The number of benzene rings is 1. The molecule has 0 spiro atoms. The lowest BCUT2D eigenvalue weighted by atomic mass is 10.1. The van der Waals surface area contributed by atoms with E-state index in [1.807, 2.05) is 0 Å². The fraction of sp³-hybridized carbons (Fsp3) is 0.385. The summed E-state index contributed by atoms with van der Waals surface area (Å²) >= 11 is 3.38. The number of carbonyl (C=O) groups is 1. The molecule has 2 aliphatic rings. The van der Waals surface area contributed by atoms with Crippen molar-refractivity contribution in [1.29, 1.82) is 0 Å². The second-order valence-electron chi connectivity index (χ2n) is 5.06. The maximum Gasteiger partial charge on any atom is 0.244 e. The third-order valence-electron chi connectivity index (χ3n) is 3.47. The summed E-state index contributed by atoms with van der Waals surface area (Å²) in [5.41, 5.74) is 3.09. The van der Waals surface area contributed by atoms with Gasteiger partial charge in [0.15, 0.2) is 21.3 Å². The third-order valence-corrected chi connectivity index (χ3v) is 5.93. The summed E-state index contributed by atoms with van der Waals surface area (Å²) in [6, 6.07) is 3.50. The van der Waals surface area contributed by atoms with Crippen LogP contribution in [0, 0.1) is 5.92 Å². The second kappa shape index (κ2) is 5.88. The van der Waals surface area contributed by atoms with Crippen LogP contribution in [0.4, 0.5) is 0 Å². The average molecular weight is 389 g/mol. The summed E-state index contributed by atoms with van der Waals surface area (Å²) in [6.07, 6.45) is 1.81. The van der Waals surface area contributed by atoms with E-state index in [0.29, 0.717) is 23.5 Å². The van der Waals surface area contributed by atoms with Gasteiger partial charge in [0.05, 0.1) is 23.6 Å². The van der Waals surface area contributed by atoms with Crippen molar-refractivity contribution in [3.8, 4) is 11.5 Å². The second-order valence-corrected chi connectivity index (χ2v) is 8.14. The summed E-state index contributed by atoms with van der Waals surface area (Å²) in [5.74, 6) is 0.295. The van der Waals surface area contributed by atoms with E-state index >= 15 is 0 Å². The molecule has 0 aromatic heterocycles. The number of sulfone groups is 1. The fourth-order valence-electron chi connectivity index (χ4n) is 2.29. The number of carbonyl (C=O) groups excluding carboxylic acids is 1. The van der Waals surface area contributed by atoms with Gasteiger partial charge in [0.2, 0.25) is 12.7 Å². The number of hydrogen-bond acceptors (Lipinski definition) is 6. The Bertz CT molecular complexity index is 747. The highest BCUT2D eigenvalue weighted by molar-refractivity contribution is 9.10. The smallest absolute Gasteiger partial charge is 0.244 e. The Labute approximate surface area is 135 Å². The number of rotatable bonds is 3. The lowest BCUT2D eigenvalue weighted by Crippen LogP contribution is -2.27. The molecule has 1 N–H and O–H groups in total. The zero-order chi connectivity index (χ0) is 15.7. The molecule has 1 amide bonds. The van der Waals surface area contributed by atoms with Crippen molar-refractivity contribution in [2.45, 2.75) is 6.42 Å². The molecule has 2 heterocycles. The van der Waals surface area contributed by atoms with Crippen LogP contribution in [0.15, 0.2) is 21.7 Å². The molecule has 22 heavy (non-hydrogen) atoms. The first-order chi connectivity index (χ1) is 10.4. The lowest BCUT2D eigenvalue weighted by molar-refractivity contribution is -0.124. The molecule has 1 fully saturated rings. The summed E-state index contributed by atoms with van der Waals surface area (Å²) in [4.78, 5) is 11.8. The number of nitrogens with zero attached hydrogens (tertiary/aromatic N) is 1. The molecule has 9 heteroatoms. The van der Waals surface area contributed by atoms with Crippen molar-refractivity contribution < 1.29 is 22.7 Å². The monoisotopic (exact) mass is 388 g/mol. The molecule has 1 aromatic rings. The Kier molecular flexibility index (Phi) is 4.09. The van der Waals surface area contributed by atoms with Gasteiger partial charge in [-0.1, -0.05) is 0 Å². The molecular formula is C13H13BrN2O5S. The SMILES string of the molecule is O=C(N/N=C\c1cc2c(cc1Br)OCO2)[C@@H]1CCS(=O)(=O)C1. The maximum absolute atomic E-state index is 11.8. The maximum atomic E-state index is 11.8. The van der Waals surface area contributed by atoms with Crippen molar-refractivity contribution in [3.63, 3.8) is 0 Å². The van der Waals surface area contributed by atoms with Crippen LogP contribution in [-0.4, -0.2) is 38.8 Å². The van der Waals surface area contributed by atoms with Crippen LogP contribution in [0.1, 0.15) is 12.0 Å². The van der Waals surface area contributed by atoms with Crippen molar-refractivity contribution in [2.24, 2.45) is 11.0 Å². The number of halogens is 1. The van der Waals surface area contributed by atoms with E-state index in [2.05, 4.69) is 26.5 Å². The molecule has 2 aliphatic heterocycles. The van der Waals surface area contributed by atoms with Crippen molar-refractivity contribution in [2.75, 3.05) is 18.3 Å². The summed E-state index contributed by atoms with van der Waals surface area (Å²) in [5, 5.41) is 3.87. The van der Waals surface area contributed by atoms with Crippen LogP contribution in [0.25, 0.3) is 0 Å². The Balaban J connectivity index is 1.64. The molecule has 7 nitrogen and oxygen atoms in total. The predicted molar refractivity (Wildman–Crippen MR) is 82.8 cm³/mol. The lowest BCUT2D eigenvalue weighted by Gasteiger charge is -2.05. The fourth-order valence-corrected chi connectivity index (χ4v) is 4.46. The van der Waals surface area contributed by atoms with Gasteiger partial charge >= 0.3 is 0 Å². The van der Waals surface area contributed by atoms with E-state index < -0.39 is 15.8 Å². The normalized spacial score (nSPS) is 22.1. The number of hydrogen-bond donors (Lipinski definition) is 1. The van der Waals surface area contributed by atoms with Gasteiger partial charge in [-0.05, 0) is 34.5 Å². The van der Waals surface area contributed by atoms with Gasteiger partial charge in [-0.2, -0.15) is 5.10 Å². The first kappa shape index (κ1) is 15.3. The number of ether oxygens (including phenoxy) is 2. The van der Waals surface area contributed by atoms with E-state index in [9.17, 15) is 13.2 Å². The number of hydrazone groups is 1. The van der Waals surface area contributed by atoms with E-state index in [4.69, 9.17) is 9.47 Å². The Hall–Kier alpha value is -1.61. The van der Waals surface area contributed by atoms with Gasteiger partial charge in [-0.25, -0.2) is 13.8 Å². The van der Waals surface area contributed by atoms with Gasteiger partial charge in [-0.15, -0.1) is 0 Å². The summed E-state index contributed by atoms with van der Waals surface area (Å²) in [7, 11) is -3.08. The molecule has 0 unspecified atom stereocenters. The van der Waals surface area contributed by atoms with Crippen LogP contribution in [0.5, 0.6) is 11.5 Å². The summed E-state index contributed by atoms with van der Waals surface area (Å²) < 4.78 is 33.9. The highest BCUT2D eigenvalue weighted by Crippen LogP contribution is 2.36. The predicted octanol–water partition coefficient (Wildman–Crippen LogP) is 1.06. The minimum Gasteiger partial charge on any atom is -0.454 e. The van der Waals surface area contributed by atoms with Crippen LogP contribution < -0.4 is 14.9 Å². The van der Waals surface area contributed by atoms with Crippen LogP contribution in [-0.2, 0) is 14.6 Å². The third kappa shape index (κ3) is 3.25. The topological polar surface area (TPSA) is 94.1 Å². The average Bonchev–Trinajstić information content (AvgIpc) is 3.04. The van der Waals surface area contributed by atoms with Gasteiger partial charge < -0.3 is 9.47 Å². The minimum atomic E-state index is -3.08. The Morgan fingerprint density at radius 2 is 2.09 bits per heavy atom. The van der Waals surface area contributed by atoms with Gasteiger partial charge in [-0.3, -0.25) is 4.79 Å². The molecule has 1 saturated heterocycles. The highest BCUT2D eigenvalue weighted by Gasteiger charge is 2.32. The molecule has 0 radical (unpaired) electrons. The Morgan fingerprint density at radius 1 is 1.36 bits per heavy atom. The van der Waals surface area contributed by atoms with Crippen molar-refractivity contribution >= 4 is 37.9 Å². The van der Waals surface area contributed by atoms with Crippen LogP contribution >= 0.6 is 15.9 Å². The van der Waals surface area contributed by atoms with E-state index in [-0.39, 0.29) is 24.2 Å². The highest BCUT2D eigenvalue weighted by atomic mass is 79.9. The number of amides is 1. The molecule has 1 atom stereocenters. The number of fused-ring (bicyclic) bond motifs is 1. The zero-order valence-electron chi connectivity index (χ0n) is 11.4. The molecule has 118 valence electrons. The van der Waals surface area contributed by atoms with Gasteiger partial charge in [0.25, 0.3) is 0 Å². The van der Waals surface area contributed by atoms with Crippen molar-refractivity contribution in [1.82, 2.24) is 5.43 Å². The minimum absolute atomic E-state index is 0.0580. The standard InChI is InChI=1S/C13H13BrN2O5S/c14-10-4-12-11(20-7-21-12)3-9(10)5-15-16-13(17)8-1-2-22(18,19)6-8/h3-5,8H,1-2,6-7H2,(H,16,17)/b15-5-/t8-/m1/s1. The number of nitrogens with one attached hydrogen (secondary N) is 1. The molecule has 3 rings (SSSR count). The molecule has 0 aliphatic carbocycles. The van der Waals surface area contributed by atoms with Gasteiger partial charge in [0, 0.05) is 10.0 Å². The van der Waals surface area contributed by atoms with Crippen LogP contribution in [0.3, 0.4) is 0 Å². The molecule has 0 saturated carbocycles. The first-order valence-electron chi connectivity index (χ1n) is 6.57. The zero-order valence-corrected chi connectivity index (χ0v) is 13.8. The quantitative estimate of drug-likeness (QED) is 0.617. The summed E-state index contributed by atoms with van der Waals surface area (Å²) in [6.45, 7) is 0.176. The van der Waals surface area contributed by atoms with Gasteiger partial charge in [0.1, 0.15) is 0 Å². The van der Waals surface area contributed by atoms with Crippen molar-refractivity contribution in [3.05, 3.63) is 22.2 Å². The molecule has 1 aromatic carbocycles. The Morgan fingerprint density at radius 3 is 2.77 bits per heavy atom. The van der Waals surface area contributed by atoms with Crippen LogP contribution in [0.2, 0.25) is 0 Å². The molecule has 0 bridgehead atoms. The largest absolute Gasteiger partial charge is 0.454 e. The van der Waals surface area contributed by atoms with E-state index in [0.717, 1.165) is 4.47 Å². The molecular weight excluding hydrogens is 376 g/mol. The van der Waals surface area contributed by atoms with E-state index in [1.54, 1.807) is 12.1 Å². The van der Waals surface area contributed by atoms with E-state index in [1.165, 1.54) is 6.21 Å².